The number of hydrogen-bond donors (Lipinski definition) is 1. The average Bonchev–Trinajstić information content (AvgIpc) is 2.37. The van der Waals surface area contributed by atoms with Crippen molar-refractivity contribution in [1.29, 1.82) is 0 Å². The summed E-state index contributed by atoms with van der Waals surface area (Å²) in [5.74, 6) is 1.70. The maximum Gasteiger partial charge on any atom is 0.193 e. The molecule has 18 heavy (non-hydrogen) atoms. The van der Waals surface area contributed by atoms with Crippen molar-refractivity contribution in [3.8, 4) is 0 Å². The summed E-state index contributed by atoms with van der Waals surface area (Å²) in [6.07, 6.45) is 2.08. The highest BCUT2D eigenvalue weighted by molar-refractivity contribution is 7.98. The van der Waals surface area contributed by atoms with Gasteiger partial charge in [0, 0.05) is 32.9 Å². The second-order valence-electron chi connectivity index (χ2n) is 3.95. The first kappa shape index (κ1) is 14.8. The van der Waals surface area contributed by atoms with Crippen LogP contribution in [0.25, 0.3) is 0 Å². The van der Waals surface area contributed by atoms with Crippen LogP contribution in [0.5, 0.6) is 0 Å². The van der Waals surface area contributed by atoms with Gasteiger partial charge in [0.1, 0.15) is 5.82 Å². The van der Waals surface area contributed by atoms with Crippen LogP contribution in [0.1, 0.15) is 5.56 Å². The third kappa shape index (κ3) is 4.96. The number of nitrogens with one attached hydrogen (secondary N) is 1. The normalized spacial score (nSPS) is 11.4. The van der Waals surface area contributed by atoms with E-state index in [-0.39, 0.29) is 5.82 Å². The van der Waals surface area contributed by atoms with Gasteiger partial charge in [-0.1, -0.05) is 12.1 Å². The van der Waals surface area contributed by atoms with Crippen molar-refractivity contribution in [2.45, 2.75) is 6.54 Å². The van der Waals surface area contributed by atoms with Gasteiger partial charge in [-0.05, 0) is 24.0 Å². The molecule has 0 fully saturated rings. The first-order chi connectivity index (χ1) is 8.67. The zero-order chi connectivity index (χ0) is 13.4. The molecule has 0 heterocycles. The quantitative estimate of drug-likeness (QED) is 0.504. The summed E-state index contributed by atoms with van der Waals surface area (Å²) in [6.45, 7) is 1.60. The SMILES string of the molecule is CN=C(NCCSC)N(C)Cc1ccc(F)cc1. The molecule has 1 aromatic carbocycles. The van der Waals surface area contributed by atoms with E-state index in [9.17, 15) is 4.39 Å². The van der Waals surface area contributed by atoms with Gasteiger partial charge in [0.05, 0.1) is 0 Å². The number of guanidine groups is 1. The first-order valence-electron chi connectivity index (χ1n) is 5.82. The van der Waals surface area contributed by atoms with Gasteiger partial charge in [0.2, 0.25) is 0 Å². The number of nitrogens with zero attached hydrogens (tertiary/aromatic N) is 2. The summed E-state index contributed by atoms with van der Waals surface area (Å²) in [7, 11) is 3.74. The van der Waals surface area contributed by atoms with Gasteiger partial charge < -0.3 is 10.2 Å². The second-order valence-corrected chi connectivity index (χ2v) is 4.93. The average molecular weight is 269 g/mol. The molecule has 0 radical (unpaired) electrons. The number of rotatable bonds is 5. The van der Waals surface area contributed by atoms with Gasteiger partial charge in [-0.25, -0.2) is 4.39 Å². The van der Waals surface area contributed by atoms with Crippen LogP contribution in [-0.2, 0) is 6.54 Å². The van der Waals surface area contributed by atoms with Gasteiger partial charge in [0.25, 0.3) is 0 Å². The fourth-order valence-electron chi connectivity index (χ4n) is 1.59. The largest absolute Gasteiger partial charge is 0.355 e. The van der Waals surface area contributed by atoms with E-state index < -0.39 is 0 Å². The van der Waals surface area contributed by atoms with Crippen LogP contribution in [0, 0.1) is 5.82 Å². The highest BCUT2D eigenvalue weighted by Crippen LogP contribution is 2.05. The smallest absolute Gasteiger partial charge is 0.193 e. The maximum atomic E-state index is 12.8. The molecule has 0 saturated heterocycles. The first-order valence-corrected chi connectivity index (χ1v) is 7.22. The van der Waals surface area contributed by atoms with E-state index in [0.29, 0.717) is 6.54 Å². The van der Waals surface area contributed by atoms with Crippen LogP contribution < -0.4 is 5.32 Å². The minimum absolute atomic E-state index is 0.205. The predicted molar refractivity (Wildman–Crippen MR) is 77.6 cm³/mol. The predicted octanol–water partition coefficient (Wildman–Crippen LogP) is 2.20. The summed E-state index contributed by atoms with van der Waals surface area (Å²) in [4.78, 5) is 6.24. The van der Waals surface area contributed by atoms with E-state index in [1.165, 1.54) is 12.1 Å². The molecule has 0 aliphatic carbocycles. The molecule has 0 bridgehead atoms. The fourth-order valence-corrected chi connectivity index (χ4v) is 1.89. The molecular formula is C13H20FN3S. The lowest BCUT2D eigenvalue weighted by molar-refractivity contribution is 0.478. The molecule has 0 atom stereocenters. The van der Waals surface area contributed by atoms with Crippen LogP contribution in [0.15, 0.2) is 29.3 Å². The Morgan fingerprint density at radius 1 is 1.39 bits per heavy atom. The Morgan fingerprint density at radius 2 is 2.06 bits per heavy atom. The number of hydrogen-bond acceptors (Lipinski definition) is 2. The van der Waals surface area contributed by atoms with Crippen molar-refractivity contribution in [2.75, 3.05) is 32.6 Å². The Hall–Kier alpha value is -1.23. The molecule has 1 rings (SSSR count). The van der Waals surface area contributed by atoms with E-state index >= 15 is 0 Å². The summed E-state index contributed by atoms with van der Waals surface area (Å²) in [5.41, 5.74) is 1.06. The zero-order valence-electron chi connectivity index (χ0n) is 11.1. The minimum atomic E-state index is -0.205. The minimum Gasteiger partial charge on any atom is -0.355 e. The molecule has 0 aliphatic heterocycles. The molecule has 0 spiro atoms. The molecule has 5 heteroatoms. The van der Waals surface area contributed by atoms with E-state index in [2.05, 4.69) is 16.6 Å². The number of benzene rings is 1. The van der Waals surface area contributed by atoms with Crippen LogP contribution in [0.4, 0.5) is 4.39 Å². The van der Waals surface area contributed by atoms with Crippen molar-refractivity contribution in [1.82, 2.24) is 10.2 Å². The van der Waals surface area contributed by atoms with Crippen molar-refractivity contribution < 1.29 is 4.39 Å². The monoisotopic (exact) mass is 269 g/mol. The summed E-state index contributed by atoms with van der Waals surface area (Å²) < 4.78 is 12.8. The van der Waals surface area contributed by atoms with E-state index in [1.54, 1.807) is 30.9 Å². The third-order valence-electron chi connectivity index (χ3n) is 2.50. The Bertz CT molecular complexity index is 378. The molecule has 0 aromatic heterocycles. The Kier molecular flexibility index (Phi) is 6.57. The lowest BCUT2D eigenvalue weighted by Crippen LogP contribution is -2.39. The molecule has 1 aromatic rings. The topological polar surface area (TPSA) is 27.6 Å². The van der Waals surface area contributed by atoms with Gasteiger partial charge >= 0.3 is 0 Å². The van der Waals surface area contributed by atoms with Gasteiger partial charge in [-0.3, -0.25) is 4.99 Å². The lowest BCUT2D eigenvalue weighted by atomic mass is 10.2. The molecule has 0 amide bonds. The van der Waals surface area contributed by atoms with E-state index in [4.69, 9.17) is 0 Å². The second kappa shape index (κ2) is 7.97. The summed E-state index contributed by atoms with van der Waals surface area (Å²) in [6, 6.07) is 6.54. The van der Waals surface area contributed by atoms with Crippen LogP contribution in [0.2, 0.25) is 0 Å². The molecular weight excluding hydrogens is 249 g/mol. The van der Waals surface area contributed by atoms with Gasteiger partial charge in [-0.2, -0.15) is 11.8 Å². The Labute approximate surface area is 112 Å². The molecule has 0 aliphatic rings. The Morgan fingerprint density at radius 3 is 2.61 bits per heavy atom. The Balaban J connectivity index is 2.51. The summed E-state index contributed by atoms with van der Waals surface area (Å²) in [5, 5.41) is 3.28. The van der Waals surface area contributed by atoms with Crippen molar-refractivity contribution in [3.05, 3.63) is 35.6 Å². The lowest BCUT2D eigenvalue weighted by Gasteiger charge is -2.22. The number of aliphatic imine (C=N–C) groups is 1. The fraction of sp³-hybridized carbons (Fsp3) is 0.462. The van der Waals surface area contributed by atoms with E-state index in [0.717, 1.165) is 23.8 Å². The molecule has 0 saturated carbocycles. The van der Waals surface area contributed by atoms with Crippen molar-refractivity contribution >= 4 is 17.7 Å². The van der Waals surface area contributed by atoms with Crippen molar-refractivity contribution in [2.24, 2.45) is 4.99 Å². The summed E-state index contributed by atoms with van der Waals surface area (Å²) >= 11 is 1.79. The standard InChI is InChI=1S/C13H20FN3S/c1-15-13(16-8-9-18-3)17(2)10-11-4-6-12(14)7-5-11/h4-7H,8-10H2,1-3H3,(H,15,16). The van der Waals surface area contributed by atoms with Crippen LogP contribution >= 0.6 is 11.8 Å². The molecule has 100 valence electrons. The number of thioether (sulfide) groups is 1. The highest BCUT2D eigenvalue weighted by Gasteiger charge is 2.05. The molecule has 0 unspecified atom stereocenters. The van der Waals surface area contributed by atoms with Gasteiger partial charge in [-0.15, -0.1) is 0 Å². The molecule has 3 nitrogen and oxygen atoms in total. The zero-order valence-corrected chi connectivity index (χ0v) is 11.9. The van der Waals surface area contributed by atoms with Crippen LogP contribution in [0.3, 0.4) is 0 Å². The van der Waals surface area contributed by atoms with E-state index in [1.807, 2.05) is 11.9 Å². The highest BCUT2D eigenvalue weighted by atomic mass is 32.2. The third-order valence-corrected chi connectivity index (χ3v) is 3.11. The number of halogens is 1. The van der Waals surface area contributed by atoms with Gasteiger partial charge in [0.15, 0.2) is 5.96 Å². The van der Waals surface area contributed by atoms with Crippen molar-refractivity contribution in [3.63, 3.8) is 0 Å². The molecule has 1 N–H and O–H groups in total. The maximum absolute atomic E-state index is 12.8. The van der Waals surface area contributed by atoms with Crippen LogP contribution in [-0.4, -0.2) is 43.5 Å².